The number of carbonyl (C=O) groups excluding carboxylic acids is 2. The Hall–Kier alpha value is -1.14. The second-order valence-corrected chi connectivity index (χ2v) is 4.81. The van der Waals surface area contributed by atoms with E-state index in [9.17, 15) is 14.7 Å². The second kappa shape index (κ2) is 5.46. The van der Waals surface area contributed by atoms with Crippen molar-refractivity contribution in [2.24, 2.45) is 5.92 Å². The minimum atomic E-state index is -0.689. The molecule has 6 heteroatoms. The molecule has 0 aromatic heterocycles. The van der Waals surface area contributed by atoms with Gasteiger partial charge in [-0.3, -0.25) is 15.0 Å². The molecule has 1 aliphatic rings. The summed E-state index contributed by atoms with van der Waals surface area (Å²) in [5.41, 5.74) is -0.689. The number of urea groups is 1. The molecule has 1 aliphatic heterocycles. The number of imide groups is 1. The molecular weight excluding hydrogens is 222 g/mol. The van der Waals surface area contributed by atoms with Gasteiger partial charge in [0.15, 0.2) is 0 Å². The maximum absolute atomic E-state index is 11.4. The van der Waals surface area contributed by atoms with Crippen LogP contribution < -0.4 is 10.6 Å². The predicted octanol–water partition coefficient (Wildman–Crippen LogP) is -0.465. The van der Waals surface area contributed by atoms with Gasteiger partial charge in [-0.1, -0.05) is 13.8 Å². The van der Waals surface area contributed by atoms with Gasteiger partial charge in [0.05, 0.1) is 12.1 Å². The highest BCUT2D eigenvalue weighted by atomic mass is 16.3. The minimum Gasteiger partial charge on any atom is -0.387 e. The first-order valence-corrected chi connectivity index (χ1v) is 5.90. The molecular formula is C11H21N3O3. The first-order valence-electron chi connectivity index (χ1n) is 5.90. The minimum absolute atomic E-state index is 0.145. The number of nitrogens with one attached hydrogen (secondary N) is 2. The molecule has 0 aliphatic carbocycles. The summed E-state index contributed by atoms with van der Waals surface area (Å²) >= 11 is 0. The number of hydrogen-bond acceptors (Lipinski definition) is 4. The molecule has 0 aromatic carbocycles. The molecule has 0 unspecified atom stereocenters. The monoisotopic (exact) mass is 243 g/mol. The highest BCUT2D eigenvalue weighted by molar-refractivity contribution is 5.95. The van der Waals surface area contributed by atoms with Crippen molar-refractivity contribution in [3.63, 3.8) is 0 Å². The van der Waals surface area contributed by atoms with Crippen molar-refractivity contribution in [1.29, 1.82) is 0 Å². The summed E-state index contributed by atoms with van der Waals surface area (Å²) in [5, 5.41) is 14.7. The Morgan fingerprint density at radius 2 is 2.00 bits per heavy atom. The van der Waals surface area contributed by atoms with E-state index in [0.29, 0.717) is 19.6 Å². The van der Waals surface area contributed by atoms with Crippen molar-refractivity contribution in [2.45, 2.75) is 26.4 Å². The van der Waals surface area contributed by atoms with Crippen LogP contribution in [0, 0.1) is 5.92 Å². The van der Waals surface area contributed by atoms with E-state index in [1.807, 2.05) is 18.7 Å². The molecule has 0 saturated carbocycles. The van der Waals surface area contributed by atoms with E-state index in [-0.39, 0.29) is 18.4 Å². The Kier molecular flexibility index (Phi) is 4.47. The Morgan fingerprint density at radius 1 is 1.41 bits per heavy atom. The first kappa shape index (κ1) is 13.9. The van der Waals surface area contributed by atoms with Crippen LogP contribution in [0.3, 0.4) is 0 Å². The van der Waals surface area contributed by atoms with E-state index in [1.165, 1.54) is 0 Å². The van der Waals surface area contributed by atoms with Crippen LogP contribution in [0.5, 0.6) is 0 Å². The number of amides is 3. The Labute approximate surface area is 101 Å². The fourth-order valence-corrected chi connectivity index (χ4v) is 1.78. The van der Waals surface area contributed by atoms with Gasteiger partial charge >= 0.3 is 6.03 Å². The van der Waals surface area contributed by atoms with Crippen LogP contribution in [0.4, 0.5) is 4.79 Å². The summed E-state index contributed by atoms with van der Waals surface area (Å²) in [6.07, 6.45) is 0. The van der Waals surface area contributed by atoms with Crippen molar-refractivity contribution in [3.8, 4) is 0 Å². The van der Waals surface area contributed by atoms with Gasteiger partial charge in [0.1, 0.15) is 0 Å². The molecule has 17 heavy (non-hydrogen) atoms. The molecule has 6 nitrogen and oxygen atoms in total. The lowest BCUT2D eigenvalue weighted by Crippen LogP contribution is -2.66. The zero-order valence-electron chi connectivity index (χ0n) is 10.6. The van der Waals surface area contributed by atoms with E-state index >= 15 is 0 Å². The first-order chi connectivity index (χ1) is 7.87. The number of rotatable bonds is 4. The molecule has 1 heterocycles. The highest BCUT2D eigenvalue weighted by Crippen LogP contribution is 2.27. The second-order valence-electron chi connectivity index (χ2n) is 4.81. The number of β-amino-alcohol motifs (C(OH)–C–C–N with tert-alkyl or cyclic N) is 1. The van der Waals surface area contributed by atoms with Crippen LogP contribution in [-0.4, -0.2) is 53.7 Å². The summed E-state index contributed by atoms with van der Waals surface area (Å²) in [7, 11) is 0. The van der Waals surface area contributed by atoms with Gasteiger partial charge in [0, 0.05) is 19.6 Å². The molecule has 1 fully saturated rings. The van der Waals surface area contributed by atoms with E-state index in [4.69, 9.17) is 0 Å². The van der Waals surface area contributed by atoms with Crippen molar-refractivity contribution in [1.82, 2.24) is 15.5 Å². The van der Waals surface area contributed by atoms with Crippen molar-refractivity contribution < 1.29 is 14.7 Å². The summed E-state index contributed by atoms with van der Waals surface area (Å²) in [5.74, 6) is -0.174. The lowest BCUT2D eigenvalue weighted by molar-refractivity contribution is -0.141. The number of likely N-dealkylation sites (tertiary alicyclic amines) is 1. The third-order valence-corrected chi connectivity index (χ3v) is 3.03. The Balaban J connectivity index is 2.25. The fourth-order valence-electron chi connectivity index (χ4n) is 1.78. The van der Waals surface area contributed by atoms with Crippen LogP contribution in [0.15, 0.2) is 0 Å². The third-order valence-electron chi connectivity index (χ3n) is 3.03. The molecule has 3 N–H and O–H groups in total. The molecule has 0 bridgehead atoms. The van der Waals surface area contributed by atoms with Crippen LogP contribution >= 0.6 is 0 Å². The van der Waals surface area contributed by atoms with Crippen molar-refractivity contribution in [2.75, 3.05) is 26.2 Å². The predicted molar refractivity (Wildman–Crippen MR) is 63.4 cm³/mol. The molecule has 1 saturated heterocycles. The van der Waals surface area contributed by atoms with Gasteiger partial charge < -0.3 is 10.4 Å². The summed E-state index contributed by atoms with van der Waals surface area (Å²) in [6, 6.07) is -0.475. The van der Waals surface area contributed by atoms with E-state index in [0.717, 1.165) is 0 Å². The largest absolute Gasteiger partial charge is 0.387 e. The van der Waals surface area contributed by atoms with Gasteiger partial charge in [-0.25, -0.2) is 4.79 Å². The summed E-state index contributed by atoms with van der Waals surface area (Å²) in [6.45, 7) is 7.27. The Morgan fingerprint density at radius 3 is 2.47 bits per heavy atom. The van der Waals surface area contributed by atoms with Crippen molar-refractivity contribution in [3.05, 3.63) is 0 Å². The van der Waals surface area contributed by atoms with Crippen LogP contribution in [0.1, 0.15) is 20.8 Å². The standard InChI is InChI=1S/C11H21N3O3/c1-4-12-10(16)13-9(15)5-14-6-11(17,7-14)8(2)3/h8,17H,4-7H2,1-3H3,(H2,12,13,15,16). The average molecular weight is 243 g/mol. The van der Waals surface area contributed by atoms with E-state index in [2.05, 4.69) is 10.6 Å². The molecule has 0 atom stereocenters. The smallest absolute Gasteiger partial charge is 0.321 e. The molecule has 98 valence electrons. The normalized spacial score (nSPS) is 18.6. The zero-order chi connectivity index (χ0) is 13.1. The lowest BCUT2D eigenvalue weighted by atomic mass is 9.83. The average Bonchev–Trinajstić information content (AvgIpc) is 2.14. The third kappa shape index (κ3) is 3.67. The SMILES string of the molecule is CCNC(=O)NC(=O)CN1CC(O)(C(C)C)C1. The number of carbonyl (C=O) groups is 2. The molecule has 0 aromatic rings. The number of aliphatic hydroxyl groups is 1. The summed E-state index contributed by atoms with van der Waals surface area (Å²) in [4.78, 5) is 24.3. The van der Waals surface area contributed by atoms with E-state index in [1.54, 1.807) is 6.92 Å². The molecule has 3 amide bonds. The molecule has 0 spiro atoms. The fraction of sp³-hybridized carbons (Fsp3) is 0.818. The number of nitrogens with zero attached hydrogens (tertiary/aromatic N) is 1. The van der Waals surface area contributed by atoms with E-state index < -0.39 is 11.6 Å². The van der Waals surface area contributed by atoms with Gasteiger partial charge in [0.25, 0.3) is 0 Å². The van der Waals surface area contributed by atoms with Gasteiger partial charge in [0.2, 0.25) is 5.91 Å². The van der Waals surface area contributed by atoms with Crippen LogP contribution in [-0.2, 0) is 4.79 Å². The van der Waals surface area contributed by atoms with Gasteiger partial charge in [-0.15, -0.1) is 0 Å². The zero-order valence-corrected chi connectivity index (χ0v) is 10.6. The summed E-state index contributed by atoms with van der Waals surface area (Å²) < 4.78 is 0. The van der Waals surface area contributed by atoms with Crippen LogP contribution in [0.2, 0.25) is 0 Å². The Bertz CT molecular complexity index is 298. The maximum atomic E-state index is 11.4. The van der Waals surface area contributed by atoms with Gasteiger partial charge in [-0.05, 0) is 12.8 Å². The quantitative estimate of drug-likeness (QED) is 0.624. The number of hydrogen-bond donors (Lipinski definition) is 3. The van der Waals surface area contributed by atoms with Gasteiger partial charge in [-0.2, -0.15) is 0 Å². The maximum Gasteiger partial charge on any atom is 0.321 e. The van der Waals surface area contributed by atoms with Crippen LogP contribution in [0.25, 0.3) is 0 Å². The molecule has 0 radical (unpaired) electrons. The van der Waals surface area contributed by atoms with Crippen molar-refractivity contribution >= 4 is 11.9 Å². The highest BCUT2D eigenvalue weighted by Gasteiger charge is 2.43. The molecule has 1 rings (SSSR count). The topological polar surface area (TPSA) is 81.7 Å². The lowest BCUT2D eigenvalue weighted by Gasteiger charge is -2.48.